The molecule has 0 radical (unpaired) electrons. The van der Waals surface area contributed by atoms with Crippen molar-refractivity contribution in [3.05, 3.63) is 70.3 Å². The summed E-state index contributed by atoms with van der Waals surface area (Å²) in [6.45, 7) is 1.35. The van der Waals surface area contributed by atoms with Gasteiger partial charge in [0.15, 0.2) is 0 Å². The highest BCUT2D eigenvalue weighted by molar-refractivity contribution is 7.89. The van der Waals surface area contributed by atoms with Gasteiger partial charge in [-0.3, -0.25) is 10.1 Å². The zero-order valence-electron chi connectivity index (χ0n) is 16.4. The molecule has 0 unspecified atom stereocenters. The van der Waals surface area contributed by atoms with E-state index in [2.05, 4.69) is 5.32 Å². The molecule has 2 amide bonds. The Morgan fingerprint density at radius 2 is 1.73 bits per heavy atom. The van der Waals surface area contributed by atoms with Gasteiger partial charge in [-0.15, -0.1) is 0 Å². The lowest BCUT2D eigenvalue weighted by Gasteiger charge is -2.34. The van der Waals surface area contributed by atoms with E-state index in [9.17, 15) is 23.3 Å². The van der Waals surface area contributed by atoms with E-state index in [-0.39, 0.29) is 42.8 Å². The summed E-state index contributed by atoms with van der Waals surface area (Å²) in [5.41, 5.74) is 0.941. The van der Waals surface area contributed by atoms with E-state index >= 15 is 0 Å². The number of nitrogens with one attached hydrogen (secondary N) is 1. The van der Waals surface area contributed by atoms with E-state index in [0.717, 1.165) is 18.9 Å². The first kappa shape index (κ1) is 21.7. The summed E-state index contributed by atoms with van der Waals surface area (Å²) in [5, 5.41) is 13.8. The molecule has 2 aromatic carbocycles. The Bertz CT molecular complexity index is 989. The number of aryl methyl sites for hydroxylation is 1. The SMILES string of the molecule is O=C(NCCCc1ccccc1)N1CCN(S(=O)(=O)c2cccc([N+](=O)[O-])c2)CC1. The molecule has 160 valence electrons. The molecule has 1 aliphatic rings. The number of hydrogen-bond donors (Lipinski definition) is 1. The second-order valence-corrected chi connectivity index (χ2v) is 8.90. The quantitative estimate of drug-likeness (QED) is 0.410. The molecule has 0 saturated carbocycles. The molecule has 3 rings (SSSR count). The highest BCUT2D eigenvalue weighted by atomic mass is 32.2. The molecule has 0 bridgehead atoms. The average molecular weight is 433 g/mol. The smallest absolute Gasteiger partial charge is 0.317 e. The maximum Gasteiger partial charge on any atom is 0.317 e. The Balaban J connectivity index is 1.48. The zero-order chi connectivity index (χ0) is 21.6. The second-order valence-electron chi connectivity index (χ2n) is 6.97. The fourth-order valence-electron chi connectivity index (χ4n) is 3.28. The number of carbonyl (C=O) groups excluding carboxylic acids is 1. The molecule has 1 fully saturated rings. The van der Waals surface area contributed by atoms with Crippen LogP contribution < -0.4 is 5.32 Å². The first-order valence-corrected chi connectivity index (χ1v) is 11.1. The summed E-state index contributed by atoms with van der Waals surface area (Å²) in [6, 6.07) is 14.8. The van der Waals surface area contributed by atoms with Crippen molar-refractivity contribution in [2.75, 3.05) is 32.7 Å². The number of rotatable bonds is 7. The number of nitrogens with zero attached hydrogens (tertiary/aromatic N) is 3. The number of benzene rings is 2. The van der Waals surface area contributed by atoms with Crippen molar-refractivity contribution >= 4 is 21.7 Å². The van der Waals surface area contributed by atoms with Crippen molar-refractivity contribution in [1.29, 1.82) is 0 Å². The first-order valence-electron chi connectivity index (χ1n) is 9.69. The molecule has 1 saturated heterocycles. The summed E-state index contributed by atoms with van der Waals surface area (Å²) in [7, 11) is -3.85. The van der Waals surface area contributed by atoms with E-state index in [1.807, 2.05) is 30.3 Å². The number of nitro groups is 1. The van der Waals surface area contributed by atoms with Gasteiger partial charge in [-0.2, -0.15) is 4.31 Å². The van der Waals surface area contributed by atoms with E-state index in [1.165, 1.54) is 28.1 Å². The van der Waals surface area contributed by atoms with E-state index in [4.69, 9.17) is 0 Å². The molecule has 2 aromatic rings. The molecule has 0 aliphatic carbocycles. The predicted molar refractivity (Wildman–Crippen MR) is 112 cm³/mol. The standard InChI is InChI=1S/C20H24N4O5S/c25-20(21-11-5-8-17-6-2-1-3-7-17)22-12-14-23(15-13-22)30(28,29)19-10-4-9-18(16-19)24(26)27/h1-4,6-7,9-10,16H,5,8,11-15H2,(H,21,25). The van der Waals surface area contributed by atoms with Gasteiger partial charge in [-0.1, -0.05) is 36.4 Å². The van der Waals surface area contributed by atoms with Gasteiger partial charge in [0.1, 0.15) is 0 Å². The number of amides is 2. The van der Waals surface area contributed by atoms with Crippen LogP contribution in [0.5, 0.6) is 0 Å². The molecule has 1 heterocycles. The lowest BCUT2D eigenvalue weighted by Crippen LogP contribution is -2.53. The number of carbonyl (C=O) groups is 1. The van der Waals surface area contributed by atoms with Crippen molar-refractivity contribution in [2.45, 2.75) is 17.7 Å². The van der Waals surface area contributed by atoms with Gasteiger partial charge in [0.05, 0.1) is 9.82 Å². The van der Waals surface area contributed by atoms with Gasteiger partial charge in [0, 0.05) is 44.9 Å². The number of sulfonamides is 1. The molecular formula is C20H24N4O5S. The Morgan fingerprint density at radius 1 is 1.03 bits per heavy atom. The fraction of sp³-hybridized carbons (Fsp3) is 0.350. The zero-order valence-corrected chi connectivity index (χ0v) is 17.3. The minimum atomic E-state index is -3.85. The Hall–Kier alpha value is -2.98. The van der Waals surface area contributed by atoms with E-state index < -0.39 is 14.9 Å². The van der Waals surface area contributed by atoms with Crippen molar-refractivity contribution in [2.24, 2.45) is 0 Å². The van der Waals surface area contributed by atoms with Crippen LogP contribution in [0, 0.1) is 10.1 Å². The minimum absolute atomic E-state index is 0.115. The number of non-ortho nitro benzene ring substituents is 1. The van der Waals surface area contributed by atoms with Gasteiger partial charge in [-0.05, 0) is 24.5 Å². The van der Waals surface area contributed by atoms with Crippen LogP contribution in [0.3, 0.4) is 0 Å². The van der Waals surface area contributed by atoms with E-state index in [1.54, 1.807) is 4.90 Å². The summed E-state index contributed by atoms with van der Waals surface area (Å²) < 4.78 is 26.8. The number of urea groups is 1. The maximum absolute atomic E-state index is 12.8. The highest BCUT2D eigenvalue weighted by Crippen LogP contribution is 2.22. The Morgan fingerprint density at radius 3 is 2.40 bits per heavy atom. The average Bonchev–Trinajstić information content (AvgIpc) is 2.77. The Labute approximate surface area is 175 Å². The Kier molecular flexibility index (Phi) is 7.01. The predicted octanol–water partition coefficient (Wildman–Crippen LogP) is 2.24. The number of hydrogen-bond acceptors (Lipinski definition) is 5. The van der Waals surface area contributed by atoms with E-state index in [0.29, 0.717) is 6.54 Å². The van der Waals surface area contributed by atoms with Gasteiger partial charge in [0.25, 0.3) is 5.69 Å². The third-order valence-electron chi connectivity index (χ3n) is 4.95. The third-order valence-corrected chi connectivity index (χ3v) is 6.85. The highest BCUT2D eigenvalue weighted by Gasteiger charge is 2.30. The molecule has 0 aromatic heterocycles. The first-order chi connectivity index (χ1) is 14.4. The van der Waals surface area contributed by atoms with Crippen molar-refractivity contribution in [3.8, 4) is 0 Å². The van der Waals surface area contributed by atoms with Crippen LogP contribution in [0.4, 0.5) is 10.5 Å². The van der Waals surface area contributed by atoms with Crippen LogP contribution in [0.2, 0.25) is 0 Å². The summed E-state index contributed by atoms with van der Waals surface area (Å²) in [4.78, 5) is 24.1. The molecule has 9 nitrogen and oxygen atoms in total. The van der Waals surface area contributed by atoms with Crippen LogP contribution in [-0.4, -0.2) is 61.3 Å². The molecule has 10 heteroatoms. The summed E-state index contributed by atoms with van der Waals surface area (Å²) in [5.74, 6) is 0. The number of piperazine rings is 1. The molecular weight excluding hydrogens is 408 g/mol. The minimum Gasteiger partial charge on any atom is -0.338 e. The molecule has 1 N–H and O–H groups in total. The summed E-state index contributed by atoms with van der Waals surface area (Å²) >= 11 is 0. The van der Waals surface area contributed by atoms with Gasteiger partial charge < -0.3 is 10.2 Å². The molecule has 30 heavy (non-hydrogen) atoms. The third kappa shape index (κ3) is 5.33. The number of nitro benzene ring substituents is 1. The van der Waals surface area contributed by atoms with Crippen LogP contribution in [0.15, 0.2) is 59.5 Å². The topological polar surface area (TPSA) is 113 Å². The van der Waals surface area contributed by atoms with Gasteiger partial charge in [-0.25, -0.2) is 13.2 Å². The summed E-state index contributed by atoms with van der Waals surface area (Å²) in [6.07, 6.45) is 1.69. The van der Waals surface area contributed by atoms with Crippen molar-refractivity contribution < 1.29 is 18.1 Å². The normalized spacial score (nSPS) is 15.0. The fourth-order valence-corrected chi connectivity index (χ4v) is 4.74. The second kappa shape index (κ2) is 9.68. The lowest BCUT2D eigenvalue weighted by molar-refractivity contribution is -0.385. The molecule has 0 atom stereocenters. The van der Waals surface area contributed by atoms with Gasteiger partial charge >= 0.3 is 6.03 Å². The largest absolute Gasteiger partial charge is 0.338 e. The maximum atomic E-state index is 12.8. The van der Waals surface area contributed by atoms with Crippen molar-refractivity contribution in [1.82, 2.24) is 14.5 Å². The van der Waals surface area contributed by atoms with Crippen LogP contribution in [-0.2, 0) is 16.4 Å². The van der Waals surface area contributed by atoms with Crippen molar-refractivity contribution in [3.63, 3.8) is 0 Å². The monoisotopic (exact) mass is 432 g/mol. The van der Waals surface area contributed by atoms with Crippen LogP contribution >= 0.6 is 0 Å². The molecule has 0 spiro atoms. The van der Waals surface area contributed by atoms with Crippen LogP contribution in [0.25, 0.3) is 0 Å². The van der Waals surface area contributed by atoms with Crippen LogP contribution in [0.1, 0.15) is 12.0 Å². The lowest BCUT2D eigenvalue weighted by atomic mass is 10.1. The van der Waals surface area contributed by atoms with Gasteiger partial charge in [0.2, 0.25) is 10.0 Å². The molecule has 1 aliphatic heterocycles.